The van der Waals surface area contributed by atoms with E-state index in [1.807, 2.05) is 30.3 Å². The molecule has 138 valence electrons. The standard InChI is InChI=1S/C21H20FN3O2/c1-14-11-16(7-8-17(14)22)18-12-19(24-23-18)21(26)25-9-10-27-20(13-25)15-5-3-2-4-6-15/h2-8,11-12,20H,9-10,13H2,1H3,(H,23,24). The number of benzene rings is 2. The maximum atomic E-state index is 13.5. The molecule has 1 unspecified atom stereocenters. The number of aromatic amines is 1. The van der Waals surface area contributed by atoms with Crippen LogP contribution in [0.1, 0.15) is 27.7 Å². The van der Waals surface area contributed by atoms with Gasteiger partial charge in [-0.3, -0.25) is 9.89 Å². The van der Waals surface area contributed by atoms with E-state index in [-0.39, 0.29) is 17.8 Å². The zero-order valence-electron chi connectivity index (χ0n) is 15.0. The van der Waals surface area contributed by atoms with E-state index in [0.717, 1.165) is 11.1 Å². The predicted octanol–water partition coefficient (Wildman–Crippen LogP) is 3.74. The second-order valence-corrected chi connectivity index (χ2v) is 6.65. The summed E-state index contributed by atoms with van der Waals surface area (Å²) in [5, 5.41) is 7.04. The highest BCUT2D eigenvalue weighted by molar-refractivity contribution is 5.93. The molecule has 6 heteroatoms. The van der Waals surface area contributed by atoms with Crippen LogP contribution in [-0.2, 0) is 4.74 Å². The van der Waals surface area contributed by atoms with Crippen molar-refractivity contribution in [3.8, 4) is 11.3 Å². The number of aryl methyl sites for hydroxylation is 1. The first-order valence-corrected chi connectivity index (χ1v) is 8.89. The van der Waals surface area contributed by atoms with Crippen LogP contribution in [0.3, 0.4) is 0 Å². The highest BCUT2D eigenvalue weighted by Crippen LogP contribution is 2.24. The fourth-order valence-electron chi connectivity index (χ4n) is 3.26. The molecule has 5 nitrogen and oxygen atoms in total. The molecule has 3 aromatic rings. The number of hydrogen-bond acceptors (Lipinski definition) is 3. The number of nitrogens with zero attached hydrogens (tertiary/aromatic N) is 2. The van der Waals surface area contributed by atoms with Crippen LogP contribution >= 0.6 is 0 Å². The van der Waals surface area contributed by atoms with E-state index in [2.05, 4.69) is 10.2 Å². The minimum atomic E-state index is -0.258. The molecule has 1 amide bonds. The second kappa shape index (κ2) is 7.32. The van der Waals surface area contributed by atoms with Crippen LogP contribution in [0.2, 0.25) is 0 Å². The molecule has 0 spiro atoms. The van der Waals surface area contributed by atoms with Gasteiger partial charge in [0.25, 0.3) is 5.91 Å². The van der Waals surface area contributed by atoms with Crippen LogP contribution in [0.25, 0.3) is 11.3 Å². The maximum Gasteiger partial charge on any atom is 0.272 e. The van der Waals surface area contributed by atoms with E-state index in [0.29, 0.717) is 36.6 Å². The van der Waals surface area contributed by atoms with E-state index in [4.69, 9.17) is 4.74 Å². The lowest BCUT2D eigenvalue weighted by molar-refractivity contribution is -0.0230. The highest BCUT2D eigenvalue weighted by atomic mass is 19.1. The summed E-state index contributed by atoms with van der Waals surface area (Å²) in [5.74, 6) is -0.373. The van der Waals surface area contributed by atoms with Gasteiger partial charge in [-0.15, -0.1) is 0 Å². The van der Waals surface area contributed by atoms with E-state index in [1.54, 1.807) is 30.0 Å². The number of amides is 1. The van der Waals surface area contributed by atoms with Crippen LogP contribution in [0.4, 0.5) is 4.39 Å². The molecule has 1 atom stereocenters. The number of carbonyl (C=O) groups is 1. The first-order chi connectivity index (χ1) is 13.1. The molecule has 1 fully saturated rings. The lowest BCUT2D eigenvalue weighted by Crippen LogP contribution is -2.42. The van der Waals surface area contributed by atoms with Crippen molar-refractivity contribution in [2.75, 3.05) is 19.7 Å². The largest absolute Gasteiger partial charge is 0.370 e. The third-order valence-electron chi connectivity index (χ3n) is 4.79. The lowest BCUT2D eigenvalue weighted by atomic mass is 10.1. The second-order valence-electron chi connectivity index (χ2n) is 6.65. The van der Waals surface area contributed by atoms with E-state index in [9.17, 15) is 9.18 Å². The quantitative estimate of drug-likeness (QED) is 0.769. The molecule has 0 aliphatic carbocycles. The minimum absolute atomic E-state index is 0.114. The zero-order valence-corrected chi connectivity index (χ0v) is 15.0. The van der Waals surface area contributed by atoms with Crippen LogP contribution in [0.5, 0.6) is 0 Å². The normalized spacial score (nSPS) is 17.1. The summed E-state index contributed by atoms with van der Waals surface area (Å²) in [5.41, 5.74) is 3.41. The van der Waals surface area contributed by atoms with Crippen molar-refractivity contribution in [2.24, 2.45) is 0 Å². The molecule has 1 N–H and O–H groups in total. The molecule has 27 heavy (non-hydrogen) atoms. The summed E-state index contributed by atoms with van der Waals surface area (Å²) in [6.45, 7) is 3.22. The van der Waals surface area contributed by atoms with Crippen LogP contribution in [-0.4, -0.2) is 40.7 Å². The molecule has 0 saturated carbocycles. The van der Waals surface area contributed by atoms with Crippen molar-refractivity contribution in [2.45, 2.75) is 13.0 Å². The molecule has 1 aromatic heterocycles. The fourth-order valence-corrected chi connectivity index (χ4v) is 3.26. The summed E-state index contributed by atoms with van der Waals surface area (Å²) in [6, 6.07) is 16.4. The monoisotopic (exact) mass is 365 g/mol. The van der Waals surface area contributed by atoms with Gasteiger partial charge < -0.3 is 9.64 Å². The topological polar surface area (TPSA) is 58.2 Å². The van der Waals surface area contributed by atoms with Crippen molar-refractivity contribution >= 4 is 5.91 Å². The molecular weight excluding hydrogens is 345 g/mol. The summed E-state index contributed by atoms with van der Waals surface area (Å²) in [7, 11) is 0. The molecule has 2 heterocycles. The Morgan fingerprint density at radius 1 is 1.22 bits per heavy atom. The SMILES string of the molecule is Cc1cc(-c2cc(C(=O)N3CCOC(c4ccccc4)C3)[nH]n2)ccc1F. The number of rotatable bonds is 3. The zero-order chi connectivity index (χ0) is 18.8. The Balaban J connectivity index is 1.51. The van der Waals surface area contributed by atoms with Crippen molar-refractivity contribution < 1.29 is 13.9 Å². The Kier molecular flexibility index (Phi) is 4.73. The predicted molar refractivity (Wildman–Crippen MR) is 99.8 cm³/mol. The van der Waals surface area contributed by atoms with E-state index >= 15 is 0 Å². The number of carbonyl (C=O) groups excluding carboxylic acids is 1. The Labute approximate surface area is 156 Å². The van der Waals surface area contributed by atoms with Gasteiger partial charge in [-0.2, -0.15) is 5.10 Å². The third-order valence-corrected chi connectivity index (χ3v) is 4.79. The van der Waals surface area contributed by atoms with Crippen molar-refractivity contribution in [3.05, 3.63) is 77.2 Å². The summed E-state index contributed by atoms with van der Waals surface area (Å²) < 4.78 is 19.3. The lowest BCUT2D eigenvalue weighted by Gasteiger charge is -2.32. The number of nitrogens with one attached hydrogen (secondary N) is 1. The van der Waals surface area contributed by atoms with Gasteiger partial charge >= 0.3 is 0 Å². The van der Waals surface area contributed by atoms with Crippen molar-refractivity contribution in [3.63, 3.8) is 0 Å². The fraction of sp³-hybridized carbons (Fsp3) is 0.238. The summed E-state index contributed by atoms with van der Waals surface area (Å²) in [4.78, 5) is 14.7. The Morgan fingerprint density at radius 2 is 2.04 bits per heavy atom. The Bertz CT molecular complexity index is 955. The van der Waals surface area contributed by atoms with Gasteiger partial charge in [0.1, 0.15) is 17.6 Å². The number of ether oxygens (including phenoxy) is 1. The molecule has 4 rings (SSSR count). The minimum Gasteiger partial charge on any atom is -0.370 e. The first-order valence-electron chi connectivity index (χ1n) is 8.89. The number of halogens is 1. The number of hydrogen-bond donors (Lipinski definition) is 1. The van der Waals surface area contributed by atoms with Gasteiger partial charge in [0, 0.05) is 12.1 Å². The molecule has 2 aromatic carbocycles. The number of H-pyrrole nitrogens is 1. The van der Waals surface area contributed by atoms with Crippen molar-refractivity contribution in [1.82, 2.24) is 15.1 Å². The summed E-state index contributed by atoms with van der Waals surface area (Å²) >= 11 is 0. The van der Waals surface area contributed by atoms with Gasteiger partial charge in [0.15, 0.2) is 0 Å². The molecule has 1 aliphatic rings. The highest BCUT2D eigenvalue weighted by Gasteiger charge is 2.27. The van der Waals surface area contributed by atoms with Crippen LogP contribution < -0.4 is 0 Å². The Hall–Kier alpha value is -2.99. The molecule has 1 saturated heterocycles. The van der Waals surface area contributed by atoms with E-state index < -0.39 is 0 Å². The first kappa shape index (κ1) is 17.4. The number of morpholine rings is 1. The van der Waals surface area contributed by atoms with E-state index in [1.165, 1.54) is 6.07 Å². The van der Waals surface area contributed by atoms with Gasteiger partial charge in [-0.25, -0.2) is 4.39 Å². The van der Waals surface area contributed by atoms with Gasteiger partial charge in [0.2, 0.25) is 0 Å². The van der Waals surface area contributed by atoms with Crippen LogP contribution in [0, 0.1) is 12.7 Å². The maximum absolute atomic E-state index is 13.5. The molecular formula is C21H20FN3O2. The number of aromatic nitrogens is 2. The molecule has 1 aliphatic heterocycles. The van der Waals surface area contributed by atoms with Gasteiger partial charge in [0.05, 0.1) is 18.8 Å². The average Bonchev–Trinajstić information content (AvgIpc) is 3.20. The molecule has 0 radical (unpaired) electrons. The van der Waals surface area contributed by atoms with Crippen LogP contribution in [0.15, 0.2) is 54.6 Å². The van der Waals surface area contributed by atoms with Gasteiger partial charge in [-0.1, -0.05) is 30.3 Å². The van der Waals surface area contributed by atoms with Gasteiger partial charge in [-0.05, 0) is 42.3 Å². The van der Waals surface area contributed by atoms with Crippen molar-refractivity contribution in [1.29, 1.82) is 0 Å². The average molecular weight is 365 g/mol. The smallest absolute Gasteiger partial charge is 0.272 e. The third kappa shape index (κ3) is 3.61. The summed E-state index contributed by atoms with van der Waals surface area (Å²) in [6.07, 6.45) is -0.133. The molecule has 0 bridgehead atoms. The Morgan fingerprint density at radius 3 is 2.81 bits per heavy atom.